The fraction of sp³-hybridized carbons (Fsp3) is 0.571. The van der Waals surface area contributed by atoms with Gasteiger partial charge in [-0.1, -0.05) is 13.0 Å². The van der Waals surface area contributed by atoms with Gasteiger partial charge in [0.15, 0.2) is 0 Å². The summed E-state index contributed by atoms with van der Waals surface area (Å²) in [6.07, 6.45) is 4.90. The fourth-order valence-electron chi connectivity index (χ4n) is 2.31. The molecule has 0 radical (unpaired) electrons. The summed E-state index contributed by atoms with van der Waals surface area (Å²) in [5.74, 6) is -0.131. The van der Waals surface area contributed by atoms with Crippen LogP contribution in [0.5, 0.6) is 0 Å². The van der Waals surface area contributed by atoms with E-state index in [0.29, 0.717) is 11.3 Å². The van der Waals surface area contributed by atoms with Crippen molar-refractivity contribution in [2.24, 2.45) is 0 Å². The highest BCUT2D eigenvalue weighted by Crippen LogP contribution is 2.35. The molecule has 0 aromatic heterocycles. The van der Waals surface area contributed by atoms with E-state index in [1.54, 1.807) is 12.1 Å². The zero-order chi connectivity index (χ0) is 12.1. The van der Waals surface area contributed by atoms with Gasteiger partial charge in [-0.3, -0.25) is 0 Å². The van der Waals surface area contributed by atoms with E-state index in [1.165, 1.54) is 31.7 Å². The van der Waals surface area contributed by atoms with Gasteiger partial charge in [0.1, 0.15) is 5.82 Å². The summed E-state index contributed by atoms with van der Waals surface area (Å²) in [5.41, 5.74) is 0. The molecule has 1 fully saturated rings. The molecule has 1 aromatic rings. The molecule has 94 valence electrons. The van der Waals surface area contributed by atoms with Crippen molar-refractivity contribution in [3.8, 4) is 0 Å². The molecule has 0 spiro atoms. The maximum atomic E-state index is 13.1. The van der Waals surface area contributed by atoms with E-state index in [-0.39, 0.29) is 5.82 Å². The van der Waals surface area contributed by atoms with Crippen molar-refractivity contribution in [1.29, 1.82) is 0 Å². The van der Waals surface area contributed by atoms with Gasteiger partial charge in [-0.05, 0) is 50.4 Å². The molecule has 1 saturated carbocycles. The zero-order valence-corrected chi connectivity index (χ0v) is 11.1. The van der Waals surface area contributed by atoms with Crippen molar-refractivity contribution >= 4 is 11.8 Å². The number of halogens is 1. The molecule has 1 nitrogen and oxygen atoms in total. The Morgan fingerprint density at radius 1 is 1.41 bits per heavy atom. The molecular formula is C14H20FNS. The standard InChI is InChI=1S/C14H20FNS/c1-2-8-16-12-6-7-14(10-12)17-13-5-3-4-11(15)9-13/h3-5,9,12,14,16H,2,6-8,10H2,1H3. The van der Waals surface area contributed by atoms with Crippen molar-refractivity contribution in [3.05, 3.63) is 30.1 Å². The number of hydrogen-bond acceptors (Lipinski definition) is 2. The van der Waals surface area contributed by atoms with Gasteiger partial charge < -0.3 is 5.32 Å². The highest BCUT2D eigenvalue weighted by Gasteiger charge is 2.24. The number of nitrogens with one attached hydrogen (secondary N) is 1. The summed E-state index contributed by atoms with van der Waals surface area (Å²) in [4.78, 5) is 1.06. The summed E-state index contributed by atoms with van der Waals surface area (Å²) in [5, 5.41) is 4.22. The molecule has 1 aliphatic rings. The maximum Gasteiger partial charge on any atom is 0.124 e. The van der Waals surface area contributed by atoms with E-state index in [2.05, 4.69) is 12.2 Å². The van der Waals surface area contributed by atoms with Gasteiger partial charge in [-0.25, -0.2) is 4.39 Å². The minimum absolute atomic E-state index is 0.131. The van der Waals surface area contributed by atoms with Crippen LogP contribution in [0.25, 0.3) is 0 Å². The van der Waals surface area contributed by atoms with Crippen LogP contribution >= 0.6 is 11.8 Å². The van der Waals surface area contributed by atoms with Crippen LogP contribution in [-0.2, 0) is 0 Å². The van der Waals surface area contributed by atoms with Crippen LogP contribution in [-0.4, -0.2) is 17.8 Å². The Bertz CT molecular complexity index is 356. The van der Waals surface area contributed by atoms with Gasteiger partial charge in [-0.15, -0.1) is 11.8 Å². The Morgan fingerprint density at radius 3 is 3.06 bits per heavy atom. The van der Waals surface area contributed by atoms with Crippen molar-refractivity contribution in [2.75, 3.05) is 6.54 Å². The smallest absolute Gasteiger partial charge is 0.124 e. The highest BCUT2D eigenvalue weighted by atomic mass is 32.2. The first kappa shape index (κ1) is 12.9. The van der Waals surface area contributed by atoms with E-state index < -0.39 is 0 Å². The molecular weight excluding hydrogens is 233 g/mol. The van der Waals surface area contributed by atoms with Gasteiger partial charge in [0.25, 0.3) is 0 Å². The van der Waals surface area contributed by atoms with E-state index in [9.17, 15) is 4.39 Å². The predicted molar refractivity (Wildman–Crippen MR) is 72.0 cm³/mol. The lowest BCUT2D eigenvalue weighted by atomic mass is 10.2. The molecule has 17 heavy (non-hydrogen) atoms. The summed E-state index contributed by atoms with van der Waals surface area (Å²) in [7, 11) is 0. The van der Waals surface area contributed by atoms with E-state index in [0.717, 1.165) is 11.4 Å². The van der Waals surface area contributed by atoms with E-state index in [1.807, 2.05) is 17.8 Å². The minimum Gasteiger partial charge on any atom is -0.314 e. The average molecular weight is 253 g/mol. The molecule has 0 bridgehead atoms. The summed E-state index contributed by atoms with van der Waals surface area (Å²) >= 11 is 1.82. The van der Waals surface area contributed by atoms with E-state index >= 15 is 0 Å². The minimum atomic E-state index is -0.131. The van der Waals surface area contributed by atoms with E-state index in [4.69, 9.17) is 0 Å². The van der Waals surface area contributed by atoms with Crippen molar-refractivity contribution in [1.82, 2.24) is 5.32 Å². The fourth-order valence-corrected chi connectivity index (χ4v) is 3.62. The Hall–Kier alpha value is -0.540. The van der Waals surface area contributed by atoms with Crippen molar-refractivity contribution in [3.63, 3.8) is 0 Å². The molecule has 0 saturated heterocycles. The number of benzene rings is 1. The largest absolute Gasteiger partial charge is 0.314 e. The van der Waals surface area contributed by atoms with Crippen LogP contribution < -0.4 is 5.32 Å². The van der Waals surface area contributed by atoms with Gasteiger partial charge in [0.2, 0.25) is 0 Å². The Labute approximate surface area is 107 Å². The van der Waals surface area contributed by atoms with Gasteiger partial charge in [0, 0.05) is 16.2 Å². The topological polar surface area (TPSA) is 12.0 Å². The number of hydrogen-bond donors (Lipinski definition) is 1. The molecule has 2 unspecified atom stereocenters. The van der Waals surface area contributed by atoms with Crippen LogP contribution in [0.4, 0.5) is 4.39 Å². The Morgan fingerprint density at radius 2 is 2.29 bits per heavy atom. The summed E-state index contributed by atoms with van der Waals surface area (Å²) in [6.45, 7) is 3.31. The predicted octanol–water partition coefficient (Wildman–Crippen LogP) is 3.84. The Balaban J connectivity index is 1.81. The summed E-state index contributed by atoms with van der Waals surface area (Å²) in [6, 6.07) is 7.60. The lowest BCUT2D eigenvalue weighted by molar-refractivity contribution is 0.524. The second-order valence-electron chi connectivity index (χ2n) is 4.66. The monoisotopic (exact) mass is 253 g/mol. The summed E-state index contributed by atoms with van der Waals surface area (Å²) < 4.78 is 13.1. The molecule has 2 rings (SSSR count). The molecule has 0 aliphatic heterocycles. The molecule has 0 amide bonds. The molecule has 2 atom stereocenters. The molecule has 1 aliphatic carbocycles. The van der Waals surface area contributed by atoms with Crippen LogP contribution in [0.1, 0.15) is 32.6 Å². The first-order valence-corrected chi connectivity index (χ1v) is 7.31. The van der Waals surface area contributed by atoms with Gasteiger partial charge >= 0.3 is 0 Å². The zero-order valence-electron chi connectivity index (χ0n) is 10.3. The average Bonchev–Trinajstić information content (AvgIpc) is 2.74. The van der Waals surface area contributed by atoms with Gasteiger partial charge in [-0.2, -0.15) is 0 Å². The third-order valence-electron chi connectivity index (χ3n) is 3.17. The Kier molecular flexibility index (Phi) is 4.86. The third-order valence-corrected chi connectivity index (χ3v) is 4.45. The molecule has 3 heteroatoms. The lowest BCUT2D eigenvalue weighted by Gasteiger charge is -2.12. The molecule has 1 aromatic carbocycles. The normalized spacial score (nSPS) is 24.1. The molecule has 1 N–H and O–H groups in total. The third kappa shape index (κ3) is 4.00. The van der Waals surface area contributed by atoms with Crippen LogP contribution in [0.15, 0.2) is 29.2 Å². The first-order chi connectivity index (χ1) is 8.28. The first-order valence-electron chi connectivity index (χ1n) is 6.43. The highest BCUT2D eigenvalue weighted by molar-refractivity contribution is 8.00. The maximum absolute atomic E-state index is 13.1. The number of thioether (sulfide) groups is 1. The van der Waals surface area contributed by atoms with Crippen LogP contribution in [0.3, 0.4) is 0 Å². The van der Waals surface area contributed by atoms with Crippen LogP contribution in [0, 0.1) is 5.82 Å². The second-order valence-corrected chi connectivity index (χ2v) is 6.04. The van der Waals surface area contributed by atoms with Crippen LogP contribution in [0.2, 0.25) is 0 Å². The van der Waals surface area contributed by atoms with Crippen molar-refractivity contribution in [2.45, 2.75) is 48.8 Å². The molecule has 0 heterocycles. The quantitative estimate of drug-likeness (QED) is 0.855. The lowest BCUT2D eigenvalue weighted by Crippen LogP contribution is -2.27. The van der Waals surface area contributed by atoms with Crippen molar-refractivity contribution < 1.29 is 4.39 Å². The van der Waals surface area contributed by atoms with Gasteiger partial charge in [0.05, 0.1) is 0 Å². The number of rotatable bonds is 5. The second kappa shape index (κ2) is 6.41. The SMILES string of the molecule is CCCNC1CCC(Sc2cccc(F)c2)C1.